The summed E-state index contributed by atoms with van der Waals surface area (Å²) in [7, 11) is 0. The number of nitrogens with one attached hydrogen (secondary N) is 1. The third-order valence-electron chi connectivity index (χ3n) is 3.60. The molecule has 0 fully saturated rings. The molecule has 1 amide bonds. The fraction of sp³-hybridized carbons (Fsp3) is 0.188. The van der Waals surface area contributed by atoms with Gasteiger partial charge < -0.3 is 5.32 Å². The van der Waals surface area contributed by atoms with Crippen molar-refractivity contribution in [2.75, 3.05) is 10.2 Å². The third kappa shape index (κ3) is 2.30. The smallest absolute Gasteiger partial charge is 0.364 e. The first-order chi connectivity index (χ1) is 10.4. The van der Waals surface area contributed by atoms with Crippen LogP contribution in [0.2, 0.25) is 0 Å². The van der Waals surface area contributed by atoms with Gasteiger partial charge >= 0.3 is 6.18 Å². The van der Waals surface area contributed by atoms with Crippen LogP contribution in [0, 0.1) is 0 Å². The summed E-state index contributed by atoms with van der Waals surface area (Å²) in [5, 5.41) is 3.06. The summed E-state index contributed by atoms with van der Waals surface area (Å²) in [5.41, 5.74) is 0.0178. The number of carbonyl (C=O) groups excluding carboxylic acids is 1. The van der Waals surface area contributed by atoms with Gasteiger partial charge in [0.05, 0.1) is 16.8 Å². The Morgan fingerprint density at radius 3 is 2.41 bits per heavy atom. The zero-order valence-electron chi connectivity index (χ0n) is 11.7. The van der Waals surface area contributed by atoms with Gasteiger partial charge in [0.2, 0.25) is 0 Å². The normalized spacial score (nSPS) is 17.9. The van der Waals surface area contributed by atoms with E-state index in [2.05, 4.69) is 5.32 Å². The van der Waals surface area contributed by atoms with Gasteiger partial charge in [0.25, 0.3) is 5.91 Å². The molecule has 1 atom stereocenters. The summed E-state index contributed by atoms with van der Waals surface area (Å²) in [6, 6.07) is 11.9. The van der Waals surface area contributed by atoms with Crippen LogP contribution in [-0.2, 0) is 6.18 Å². The molecule has 0 saturated carbocycles. The van der Waals surface area contributed by atoms with Crippen LogP contribution in [0.15, 0.2) is 48.5 Å². The number of rotatable bonds is 1. The van der Waals surface area contributed by atoms with E-state index in [1.165, 1.54) is 18.2 Å². The number of amides is 1. The average Bonchev–Trinajstić information content (AvgIpc) is 2.47. The molecule has 6 heteroatoms. The van der Waals surface area contributed by atoms with Crippen molar-refractivity contribution in [3.63, 3.8) is 0 Å². The van der Waals surface area contributed by atoms with Crippen LogP contribution in [0.3, 0.4) is 0 Å². The van der Waals surface area contributed by atoms with Crippen LogP contribution in [0.4, 0.5) is 24.5 Å². The number of alkyl halides is 3. The molecule has 2 aromatic carbocycles. The number of para-hydroxylation sites is 2. The molecule has 2 aromatic rings. The molecule has 1 N–H and O–H groups in total. The Labute approximate surface area is 125 Å². The molecule has 0 bridgehead atoms. The van der Waals surface area contributed by atoms with Gasteiger partial charge in [0, 0.05) is 5.69 Å². The molecule has 1 aliphatic heterocycles. The highest BCUT2D eigenvalue weighted by molar-refractivity contribution is 6.12. The van der Waals surface area contributed by atoms with E-state index >= 15 is 0 Å². The maximum Gasteiger partial charge on any atom is 0.418 e. The topological polar surface area (TPSA) is 32.3 Å². The zero-order valence-corrected chi connectivity index (χ0v) is 11.7. The van der Waals surface area contributed by atoms with E-state index in [9.17, 15) is 18.0 Å². The van der Waals surface area contributed by atoms with Gasteiger partial charge in [0.1, 0.15) is 6.17 Å². The summed E-state index contributed by atoms with van der Waals surface area (Å²) >= 11 is 0. The third-order valence-corrected chi connectivity index (χ3v) is 3.60. The molecule has 1 heterocycles. The molecule has 3 rings (SSSR count). The number of hydrogen-bond acceptors (Lipinski definition) is 2. The van der Waals surface area contributed by atoms with Crippen molar-refractivity contribution in [1.82, 2.24) is 0 Å². The summed E-state index contributed by atoms with van der Waals surface area (Å²) < 4.78 is 39.6. The first-order valence-electron chi connectivity index (χ1n) is 6.75. The van der Waals surface area contributed by atoms with Gasteiger partial charge in [-0.15, -0.1) is 0 Å². The Morgan fingerprint density at radius 2 is 1.68 bits per heavy atom. The highest BCUT2D eigenvalue weighted by Crippen LogP contribution is 2.39. The lowest BCUT2D eigenvalue weighted by Gasteiger charge is -2.37. The maximum atomic E-state index is 13.2. The average molecular weight is 306 g/mol. The SMILES string of the molecule is CC1Nc2ccccc2C(=O)N1c1ccccc1C(F)(F)F. The van der Waals surface area contributed by atoms with Crippen molar-refractivity contribution in [1.29, 1.82) is 0 Å². The lowest BCUT2D eigenvalue weighted by atomic mass is 10.0. The quantitative estimate of drug-likeness (QED) is 0.859. The fourth-order valence-electron chi connectivity index (χ4n) is 2.63. The van der Waals surface area contributed by atoms with Gasteiger partial charge in [-0.3, -0.25) is 9.69 Å². The Balaban J connectivity index is 2.12. The number of anilines is 2. The minimum atomic E-state index is -4.52. The second kappa shape index (κ2) is 5.05. The Morgan fingerprint density at radius 1 is 1.05 bits per heavy atom. The van der Waals surface area contributed by atoms with Gasteiger partial charge in [-0.1, -0.05) is 24.3 Å². The van der Waals surface area contributed by atoms with Crippen molar-refractivity contribution in [3.05, 3.63) is 59.7 Å². The van der Waals surface area contributed by atoms with Crippen LogP contribution in [0.25, 0.3) is 0 Å². The van der Waals surface area contributed by atoms with E-state index in [1.807, 2.05) is 0 Å². The number of hydrogen-bond donors (Lipinski definition) is 1. The molecule has 1 aliphatic rings. The minimum absolute atomic E-state index is 0.144. The zero-order chi connectivity index (χ0) is 15.9. The van der Waals surface area contributed by atoms with Crippen LogP contribution in [0.1, 0.15) is 22.8 Å². The van der Waals surface area contributed by atoms with E-state index in [0.717, 1.165) is 11.0 Å². The van der Waals surface area contributed by atoms with E-state index in [0.29, 0.717) is 11.3 Å². The first-order valence-corrected chi connectivity index (χ1v) is 6.75. The molecule has 0 aromatic heterocycles. The Hall–Kier alpha value is -2.50. The second-order valence-electron chi connectivity index (χ2n) is 5.06. The molecule has 0 spiro atoms. The number of nitrogens with zero attached hydrogens (tertiary/aromatic N) is 1. The summed E-state index contributed by atoms with van der Waals surface area (Å²) in [6.45, 7) is 1.65. The lowest BCUT2D eigenvalue weighted by molar-refractivity contribution is -0.137. The second-order valence-corrected chi connectivity index (χ2v) is 5.06. The molecule has 114 valence electrons. The Bertz CT molecular complexity index is 727. The predicted octanol–water partition coefficient (Wildman–Crippen LogP) is 4.12. The highest BCUT2D eigenvalue weighted by atomic mass is 19.4. The van der Waals surface area contributed by atoms with Gasteiger partial charge in [0.15, 0.2) is 0 Å². The predicted molar refractivity (Wildman–Crippen MR) is 77.8 cm³/mol. The van der Waals surface area contributed by atoms with Crippen molar-refractivity contribution in [2.24, 2.45) is 0 Å². The molecule has 0 saturated heterocycles. The number of carbonyl (C=O) groups is 1. The number of benzene rings is 2. The summed E-state index contributed by atoms with van der Waals surface area (Å²) in [4.78, 5) is 13.8. The Kier molecular flexibility index (Phi) is 3.31. The first kappa shape index (κ1) is 14.4. The van der Waals surface area contributed by atoms with Gasteiger partial charge in [-0.2, -0.15) is 13.2 Å². The monoisotopic (exact) mass is 306 g/mol. The number of halogens is 3. The van der Waals surface area contributed by atoms with Crippen molar-refractivity contribution in [2.45, 2.75) is 19.3 Å². The van der Waals surface area contributed by atoms with Crippen molar-refractivity contribution >= 4 is 17.3 Å². The fourth-order valence-corrected chi connectivity index (χ4v) is 2.63. The van der Waals surface area contributed by atoms with Crippen molar-refractivity contribution in [3.8, 4) is 0 Å². The summed E-state index contributed by atoms with van der Waals surface area (Å²) in [5.74, 6) is -0.446. The van der Waals surface area contributed by atoms with Crippen molar-refractivity contribution < 1.29 is 18.0 Å². The van der Waals surface area contributed by atoms with Gasteiger partial charge in [-0.05, 0) is 31.2 Å². The van der Waals surface area contributed by atoms with E-state index in [1.54, 1.807) is 31.2 Å². The van der Waals surface area contributed by atoms with E-state index < -0.39 is 23.8 Å². The number of fused-ring (bicyclic) bond motifs is 1. The minimum Gasteiger partial charge on any atom is -0.364 e. The maximum absolute atomic E-state index is 13.2. The van der Waals surface area contributed by atoms with Gasteiger partial charge in [-0.25, -0.2) is 0 Å². The molecular formula is C16H13F3N2O. The molecule has 0 radical (unpaired) electrons. The van der Waals surface area contributed by atoms with E-state index in [4.69, 9.17) is 0 Å². The molecular weight excluding hydrogens is 293 g/mol. The van der Waals surface area contributed by atoms with Crippen LogP contribution in [-0.4, -0.2) is 12.1 Å². The summed E-state index contributed by atoms with van der Waals surface area (Å²) in [6.07, 6.45) is -5.10. The van der Waals surface area contributed by atoms with E-state index in [-0.39, 0.29) is 5.69 Å². The van der Waals surface area contributed by atoms with Crippen LogP contribution in [0.5, 0.6) is 0 Å². The van der Waals surface area contributed by atoms with Crippen LogP contribution < -0.4 is 10.2 Å². The lowest BCUT2D eigenvalue weighted by Crippen LogP contribution is -2.48. The largest absolute Gasteiger partial charge is 0.418 e. The highest BCUT2D eigenvalue weighted by Gasteiger charge is 2.39. The molecule has 1 unspecified atom stereocenters. The molecule has 22 heavy (non-hydrogen) atoms. The standard InChI is InChI=1S/C16H13F3N2O/c1-10-20-13-8-4-2-6-11(13)15(22)21(10)14-9-5-3-7-12(14)16(17,18)19/h2-10,20H,1H3. The molecule has 0 aliphatic carbocycles. The van der Waals surface area contributed by atoms with Crippen LogP contribution >= 0.6 is 0 Å². The molecule has 3 nitrogen and oxygen atoms in total.